The molecule has 1 aliphatic carbocycles. The highest BCUT2D eigenvalue weighted by atomic mass is 32.1. The van der Waals surface area contributed by atoms with Crippen LogP contribution in [0.15, 0.2) is 186 Å². The van der Waals surface area contributed by atoms with E-state index in [1.807, 2.05) is 11.3 Å². The molecule has 2 aromatic heterocycles. The maximum absolute atomic E-state index is 6.84. The lowest BCUT2D eigenvalue weighted by atomic mass is 9.59. The van der Waals surface area contributed by atoms with Gasteiger partial charge in [-0.2, -0.15) is 0 Å². The van der Waals surface area contributed by atoms with Crippen LogP contribution >= 0.6 is 11.3 Å². The van der Waals surface area contributed by atoms with Crippen molar-refractivity contribution in [2.24, 2.45) is 0 Å². The fourth-order valence-corrected chi connectivity index (χ4v) is 14.6. The maximum Gasteiger partial charge on any atom is 0.159 e. The van der Waals surface area contributed by atoms with Crippen LogP contribution in [-0.4, -0.2) is 16.1 Å². The summed E-state index contributed by atoms with van der Waals surface area (Å²) in [6.07, 6.45) is 0. The van der Waals surface area contributed by atoms with Gasteiger partial charge in [-0.3, -0.25) is 0 Å². The van der Waals surface area contributed by atoms with Crippen molar-refractivity contribution in [1.82, 2.24) is 0 Å². The Balaban J connectivity index is 1.25. The smallest absolute Gasteiger partial charge is 0.159 e. The number of aryl methyl sites for hydroxylation is 1. The van der Waals surface area contributed by atoms with Gasteiger partial charge in [0.2, 0.25) is 0 Å². The van der Waals surface area contributed by atoms with E-state index in [0.29, 0.717) is 0 Å². The Labute approximate surface area is 387 Å². The molecule has 2 heterocycles. The van der Waals surface area contributed by atoms with E-state index >= 15 is 0 Å². The first-order valence-corrected chi connectivity index (χ1v) is 30.7. The fourth-order valence-electron chi connectivity index (χ4n) is 11.0. The zero-order chi connectivity index (χ0) is 44.4. The minimum atomic E-state index is -1.60. The Bertz CT molecular complexity index is 3640. The van der Waals surface area contributed by atoms with Crippen LogP contribution in [0.1, 0.15) is 27.8 Å². The monoisotopic (exact) mass is 889 g/mol. The molecule has 12 rings (SSSR count). The molecule has 0 atom stereocenters. The molecule has 0 bridgehead atoms. The lowest BCUT2D eigenvalue weighted by Gasteiger charge is -2.43. The van der Waals surface area contributed by atoms with Crippen molar-refractivity contribution >= 4 is 108 Å². The fraction of sp³-hybridized carbons (Fsp3) is 0.133. The van der Waals surface area contributed by atoms with Gasteiger partial charge in [0.05, 0.1) is 32.9 Å². The zero-order valence-electron chi connectivity index (χ0n) is 38.1. The highest BCUT2D eigenvalue weighted by molar-refractivity contribution is 7.26. The first-order valence-electron chi connectivity index (χ1n) is 22.9. The second kappa shape index (κ2) is 14.5. The number of benzene rings is 9. The van der Waals surface area contributed by atoms with Crippen molar-refractivity contribution in [3.8, 4) is 11.1 Å². The second-order valence-electron chi connectivity index (χ2n) is 20.1. The van der Waals surface area contributed by atoms with Gasteiger partial charge in [-0.1, -0.05) is 201 Å². The number of anilines is 3. The number of nitrogens with zero attached hydrogens (tertiary/aromatic N) is 1. The van der Waals surface area contributed by atoms with Gasteiger partial charge in [0, 0.05) is 47.6 Å². The van der Waals surface area contributed by atoms with Gasteiger partial charge in [-0.05, 0) is 76.0 Å². The second-order valence-corrected chi connectivity index (χ2v) is 31.3. The molecule has 0 amide bonds. The third-order valence-electron chi connectivity index (χ3n) is 14.2. The molecule has 0 saturated carbocycles. The van der Waals surface area contributed by atoms with Crippen molar-refractivity contribution in [3.05, 3.63) is 210 Å². The highest BCUT2D eigenvalue weighted by Gasteiger charge is 2.46. The van der Waals surface area contributed by atoms with Crippen LogP contribution in [-0.2, 0) is 5.41 Å². The molecule has 0 fully saturated rings. The van der Waals surface area contributed by atoms with Crippen LogP contribution in [0.4, 0.5) is 17.1 Å². The number of rotatable bonds is 7. The molecule has 0 unspecified atom stereocenters. The SMILES string of the molecule is Cc1ccccc1N(c1ccc2c3c(cccc13)C(c1ccc([Si](C)(C)C)cc1)(c1ccc([Si](C)(C)C)cc1)c1ccc3c(sc4ccccc43)c1-2)c1cccc2c1oc1ccccc12. The van der Waals surface area contributed by atoms with Gasteiger partial charge in [0.15, 0.2) is 5.58 Å². The number of hydrogen-bond donors (Lipinski definition) is 0. The molecular weight excluding hydrogens is 839 g/mol. The normalized spacial score (nSPS) is 13.6. The van der Waals surface area contributed by atoms with Crippen LogP contribution in [0.5, 0.6) is 0 Å². The molecule has 316 valence electrons. The number of fused-ring (bicyclic) bond motifs is 9. The van der Waals surface area contributed by atoms with Crippen molar-refractivity contribution in [1.29, 1.82) is 0 Å². The molecular formula is C60H51NOSSi2. The topological polar surface area (TPSA) is 16.4 Å². The van der Waals surface area contributed by atoms with Crippen molar-refractivity contribution in [3.63, 3.8) is 0 Å². The summed E-state index contributed by atoms with van der Waals surface area (Å²) in [5.74, 6) is 0. The summed E-state index contributed by atoms with van der Waals surface area (Å²) in [6.45, 7) is 16.9. The van der Waals surface area contributed by atoms with E-state index in [1.54, 1.807) is 0 Å². The Morgan fingerprint density at radius 1 is 0.462 bits per heavy atom. The van der Waals surface area contributed by atoms with Crippen LogP contribution in [0.25, 0.3) is 64.0 Å². The van der Waals surface area contributed by atoms with E-state index in [2.05, 4.69) is 233 Å². The Kier molecular flexibility index (Phi) is 8.93. The first kappa shape index (κ1) is 40.0. The van der Waals surface area contributed by atoms with Gasteiger partial charge in [-0.25, -0.2) is 0 Å². The van der Waals surface area contributed by atoms with Gasteiger partial charge < -0.3 is 9.32 Å². The predicted molar refractivity (Wildman–Crippen MR) is 287 cm³/mol. The number of furan rings is 1. The molecule has 0 N–H and O–H groups in total. The molecule has 0 radical (unpaired) electrons. The van der Waals surface area contributed by atoms with E-state index in [4.69, 9.17) is 4.42 Å². The lowest BCUT2D eigenvalue weighted by molar-refractivity contribution is 0.669. The molecule has 65 heavy (non-hydrogen) atoms. The molecule has 0 spiro atoms. The Morgan fingerprint density at radius 2 is 1.06 bits per heavy atom. The highest BCUT2D eigenvalue weighted by Crippen LogP contribution is 2.59. The molecule has 1 aliphatic rings. The predicted octanol–water partition coefficient (Wildman–Crippen LogP) is 16.3. The standard InChI is InChI=1S/C60H51NOSSi2/c1-38-16-8-11-22-51(38)61(53-23-15-19-45-43-17-9-12-24-54(43)62-58(45)53)52-37-35-48-56-47(52)20-14-21-49(56)60(39-26-30-41(31-27-39)64(2,3)4,40-28-32-42(33-29-40)65(5,6)7)50-36-34-46-44-18-10-13-25-55(44)63-59(46)57(48)50/h8-37H,1-7H3. The average Bonchev–Trinajstić information content (AvgIpc) is 3.89. The van der Waals surface area contributed by atoms with Crippen LogP contribution in [0.2, 0.25) is 39.3 Å². The molecule has 2 nitrogen and oxygen atoms in total. The minimum absolute atomic E-state index is 0.618. The van der Waals surface area contributed by atoms with Crippen LogP contribution in [0.3, 0.4) is 0 Å². The van der Waals surface area contributed by atoms with Gasteiger partial charge in [0.1, 0.15) is 5.58 Å². The summed E-state index contributed by atoms with van der Waals surface area (Å²) in [4.78, 5) is 2.46. The third kappa shape index (κ3) is 5.95. The average molecular weight is 890 g/mol. The van der Waals surface area contributed by atoms with E-state index in [9.17, 15) is 0 Å². The minimum Gasteiger partial charge on any atom is -0.454 e. The summed E-state index contributed by atoms with van der Waals surface area (Å²) in [7, 11) is -3.20. The molecule has 0 aliphatic heterocycles. The van der Waals surface area contributed by atoms with Crippen molar-refractivity contribution < 1.29 is 4.42 Å². The Morgan fingerprint density at radius 3 is 1.77 bits per heavy atom. The summed E-state index contributed by atoms with van der Waals surface area (Å²) in [5, 5.41) is 10.3. The quantitative estimate of drug-likeness (QED) is 0.148. The van der Waals surface area contributed by atoms with E-state index in [1.165, 1.54) is 80.3 Å². The number of para-hydroxylation sites is 3. The van der Waals surface area contributed by atoms with E-state index in [0.717, 1.165) is 39.0 Å². The van der Waals surface area contributed by atoms with E-state index < -0.39 is 21.6 Å². The molecule has 9 aromatic carbocycles. The Hall–Kier alpha value is -6.51. The summed E-state index contributed by atoms with van der Waals surface area (Å²) in [5.41, 5.74) is 13.5. The number of thiophene rings is 1. The number of hydrogen-bond acceptors (Lipinski definition) is 3. The molecule has 11 aromatic rings. The van der Waals surface area contributed by atoms with Crippen LogP contribution in [0, 0.1) is 6.92 Å². The van der Waals surface area contributed by atoms with Gasteiger partial charge in [-0.15, -0.1) is 11.3 Å². The largest absolute Gasteiger partial charge is 0.454 e. The zero-order valence-corrected chi connectivity index (χ0v) is 40.9. The first-order chi connectivity index (χ1) is 31.4. The maximum atomic E-state index is 6.84. The lowest BCUT2D eigenvalue weighted by Crippen LogP contribution is -2.40. The summed E-state index contributed by atoms with van der Waals surface area (Å²) in [6, 6.07) is 69.2. The van der Waals surface area contributed by atoms with Crippen molar-refractivity contribution in [2.45, 2.75) is 51.6 Å². The van der Waals surface area contributed by atoms with E-state index in [-0.39, 0.29) is 0 Å². The molecule has 0 saturated heterocycles. The summed E-state index contributed by atoms with van der Waals surface area (Å²) >= 11 is 1.94. The molecule has 5 heteroatoms. The van der Waals surface area contributed by atoms with Crippen LogP contribution < -0.4 is 15.3 Å². The van der Waals surface area contributed by atoms with Gasteiger partial charge >= 0.3 is 0 Å². The summed E-state index contributed by atoms with van der Waals surface area (Å²) < 4.78 is 9.50. The van der Waals surface area contributed by atoms with Gasteiger partial charge in [0.25, 0.3) is 0 Å². The third-order valence-corrected chi connectivity index (χ3v) is 19.6. The van der Waals surface area contributed by atoms with Crippen molar-refractivity contribution in [2.75, 3.05) is 4.90 Å².